The Hall–Kier alpha value is -1.20. The highest BCUT2D eigenvalue weighted by molar-refractivity contribution is 7.12. The van der Waals surface area contributed by atoms with Gasteiger partial charge in [0.2, 0.25) is 0 Å². The van der Waals surface area contributed by atoms with E-state index in [1.165, 1.54) is 15.3 Å². The van der Waals surface area contributed by atoms with E-state index in [9.17, 15) is 0 Å². The summed E-state index contributed by atoms with van der Waals surface area (Å²) in [7, 11) is 1.96. The summed E-state index contributed by atoms with van der Waals surface area (Å²) in [5, 5.41) is 7.26. The summed E-state index contributed by atoms with van der Waals surface area (Å²) in [4.78, 5) is 6.66. The topological polar surface area (TPSA) is 42.7 Å². The van der Waals surface area contributed by atoms with Crippen molar-refractivity contribution in [1.82, 2.24) is 20.1 Å². The molecule has 0 bridgehead atoms. The van der Waals surface area contributed by atoms with E-state index < -0.39 is 0 Å². The molecule has 80 valence electrons. The van der Waals surface area contributed by atoms with Crippen molar-refractivity contribution in [1.29, 1.82) is 0 Å². The van der Waals surface area contributed by atoms with E-state index in [0.29, 0.717) is 0 Å². The van der Waals surface area contributed by atoms with Crippen LogP contribution in [0.2, 0.25) is 0 Å². The molecule has 0 amide bonds. The van der Waals surface area contributed by atoms with E-state index in [1.807, 2.05) is 23.1 Å². The first-order chi connectivity index (χ1) is 7.29. The highest BCUT2D eigenvalue weighted by Gasteiger charge is 2.05. The third-order valence-electron chi connectivity index (χ3n) is 2.22. The molecule has 15 heavy (non-hydrogen) atoms. The molecule has 0 saturated heterocycles. The van der Waals surface area contributed by atoms with Crippen molar-refractivity contribution in [2.24, 2.45) is 0 Å². The fourth-order valence-electron chi connectivity index (χ4n) is 1.49. The molecule has 1 N–H and O–H groups in total. The van der Waals surface area contributed by atoms with E-state index in [0.717, 1.165) is 13.1 Å². The molecule has 2 aromatic rings. The van der Waals surface area contributed by atoms with Crippen molar-refractivity contribution >= 4 is 11.3 Å². The molecule has 4 nitrogen and oxygen atoms in total. The van der Waals surface area contributed by atoms with Gasteiger partial charge in [-0.2, -0.15) is 5.10 Å². The van der Waals surface area contributed by atoms with Gasteiger partial charge in [0.15, 0.2) is 0 Å². The van der Waals surface area contributed by atoms with Crippen LogP contribution in [0.3, 0.4) is 0 Å². The highest BCUT2D eigenvalue weighted by atomic mass is 32.1. The molecule has 2 rings (SSSR count). The van der Waals surface area contributed by atoms with Crippen molar-refractivity contribution in [2.45, 2.75) is 20.0 Å². The summed E-state index contributed by atoms with van der Waals surface area (Å²) in [5.74, 6) is 0. The van der Waals surface area contributed by atoms with Gasteiger partial charge >= 0.3 is 0 Å². The molecule has 0 unspecified atom stereocenters. The SMILES string of the molecule is CNCc1cc(Cn2cncn2)c(C)s1. The molecule has 2 heterocycles. The second-order valence-electron chi connectivity index (χ2n) is 3.42. The van der Waals surface area contributed by atoms with Crippen LogP contribution < -0.4 is 5.32 Å². The molecule has 0 saturated carbocycles. The number of hydrogen-bond acceptors (Lipinski definition) is 4. The Balaban J connectivity index is 2.14. The molecule has 0 aliphatic carbocycles. The molecule has 5 heteroatoms. The number of hydrogen-bond donors (Lipinski definition) is 1. The predicted octanol–water partition coefficient (Wildman–Crippen LogP) is 1.42. The molecular formula is C10H14N4S. The van der Waals surface area contributed by atoms with Crippen LogP contribution in [-0.4, -0.2) is 21.8 Å². The molecule has 0 spiro atoms. The smallest absolute Gasteiger partial charge is 0.137 e. The van der Waals surface area contributed by atoms with Crippen molar-refractivity contribution in [3.63, 3.8) is 0 Å². The van der Waals surface area contributed by atoms with Gasteiger partial charge in [-0.25, -0.2) is 9.67 Å². The molecule has 0 aliphatic rings. The molecule has 0 atom stereocenters. The summed E-state index contributed by atoms with van der Waals surface area (Å²) >= 11 is 1.84. The maximum Gasteiger partial charge on any atom is 0.137 e. The number of aromatic nitrogens is 3. The third kappa shape index (κ3) is 2.43. The van der Waals surface area contributed by atoms with Crippen LogP contribution >= 0.6 is 11.3 Å². The number of thiophene rings is 1. The van der Waals surface area contributed by atoms with Crippen LogP contribution in [0.4, 0.5) is 0 Å². The van der Waals surface area contributed by atoms with E-state index in [-0.39, 0.29) is 0 Å². The van der Waals surface area contributed by atoms with Crippen molar-refractivity contribution < 1.29 is 0 Å². The van der Waals surface area contributed by atoms with Gasteiger partial charge in [-0.3, -0.25) is 0 Å². The third-order valence-corrected chi connectivity index (χ3v) is 3.31. The summed E-state index contributed by atoms with van der Waals surface area (Å²) in [6.07, 6.45) is 3.31. The van der Waals surface area contributed by atoms with Gasteiger partial charge in [-0.1, -0.05) is 0 Å². The van der Waals surface area contributed by atoms with E-state index in [2.05, 4.69) is 28.4 Å². The van der Waals surface area contributed by atoms with Gasteiger partial charge in [0.25, 0.3) is 0 Å². The summed E-state index contributed by atoms with van der Waals surface area (Å²) in [6.45, 7) is 3.89. The van der Waals surface area contributed by atoms with Gasteiger partial charge in [0, 0.05) is 16.3 Å². The van der Waals surface area contributed by atoms with Gasteiger partial charge in [-0.05, 0) is 25.6 Å². The van der Waals surface area contributed by atoms with Crippen LogP contribution in [0, 0.1) is 6.92 Å². The van der Waals surface area contributed by atoms with Crippen LogP contribution in [0.1, 0.15) is 15.3 Å². The van der Waals surface area contributed by atoms with Gasteiger partial charge in [0.05, 0.1) is 6.54 Å². The Morgan fingerprint density at radius 2 is 2.40 bits per heavy atom. The monoisotopic (exact) mass is 222 g/mol. The minimum absolute atomic E-state index is 0.812. The Kier molecular flexibility index (Phi) is 3.13. The van der Waals surface area contributed by atoms with E-state index in [4.69, 9.17) is 0 Å². The Morgan fingerprint density at radius 3 is 3.07 bits per heavy atom. The molecular weight excluding hydrogens is 208 g/mol. The normalized spacial score (nSPS) is 10.8. The van der Waals surface area contributed by atoms with Crippen LogP contribution in [-0.2, 0) is 13.1 Å². The first kappa shape index (κ1) is 10.3. The first-order valence-corrected chi connectivity index (χ1v) is 5.66. The second kappa shape index (κ2) is 4.55. The van der Waals surface area contributed by atoms with Crippen LogP contribution in [0.15, 0.2) is 18.7 Å². The van der Waals surface area contributed by atoms with Crippen LogP contribution in [0.25, 0.3) is 0 Å². The Morgan fingerprint density at radius 1 is 1.53 bits per heavy atom. The fraction of sp³-hybridized carbons (Fsp3) is 0.400. The quantitative estimate of drug-likeness (QED) is 0.850. The summed E-state index contributed by atoms with van der Waals surface area (Å²) in [5.41, 5.74) is 1.33. The summed E-state index contributed by atoms with van der Waals surface area (Å²) in [6, 6.07) is 2.23. The zero-order valence-electron chi connectivity index (χ0n) is 8.90. The number of rotatable bonds is 4. The number of nitrogens with zero attached hydrogens (tertiary/aromatic N) is 3. The van der Waals surface area contributed by atoms with Crippen molar-refractivity contribution in [3.05, 3.63) is 34.0 Å². The fourth-order valence-corrected chi connectivity index (χ4v) is 2.56. The van der Waals surface area contributed by atoms with Gasteiger partial charge < -0.3 is 5.32 Å². The Labute approximate surface area is 93.0 Å². The predicted molar refractivity (Wildman–Crippen MR) is 60.9 cm³/mol. The zero-order valence-corrected chi connectivity index (χ0v) is 9.71. The minimum atomic E-state index is 0.812. The average molecular weight is 222 g/mol. The van der Waals surface area contributed by atoms with Gasteiger partial charge in [0.1, 0.15) is 12.7 Å². The summed E-state index contributed by atoms with van der Waals surface area (Å²) < 4.78 is 1.85. The lowest BCUT2D eigenvalue weighted by molar-refractivity contribution is 0.683. The largest absolute Gasteiger partial charge is 0.315 e. The highest BCUT2D eigenvalue weighted by Crippen LogP contribution is 2.21. The Bertz CT molecular complexity index is 419. The van der Waals surface area contributed by atoms with Gasteiger partial charge in [-0.15, -0.1) is 11.3 Å². The molecule has 0 radical (unpaired) electrons. The second-order valence-corrected chi connectivity index (χ2v) is 4.76. The lowest BCUT2D eigenvalue weighted by Crippen LogP contribution is -2.03. The van der Waals surface area contributed by atoms with Crippen molar-refractivity contribution in [2.75, 3.05) is 7.05 Å². The van der Waals surface area contributed by atoms with E-state index in [1.54, 1.807) is 12.7 Å². The molecule has 0 fully saturated rings. The van der Waals surface area contributed by atoms with E-state index >= 15 is 0 Å². The maximum absolute atomic E-state index is 4.10. The standard InChI is InChI=1S/C10H14N4S/c1-8-9(3-10(15-8)4-11-2)5-14-7-12-6-13-14/h3,6-7,11H,4-5H2,1-2H3. The van der Waals surface area contributed by atoms with Crippen molar-refractivity contribution in [3.8, 4) is 0 Å². The average Bonchev–Trinajstić information content (AvgIpc) is 2.79. The first-order valence-electron chi connectivity index (χ1n) is 4.85. The van der Waals surface area contributed by atoms with Crippen LogP contribution in [0.5, 0.6) is 0 Å². The molecule has 2 aromatic heterocycles. The zero-order chi connectivity index (χ0) is 10.7. The maximum atomic E-state index is 4.10. The lowest BCUT2D eigenvalue weighted by Gasteiger charge is -1.98. The molecule has 0 aliphatic heterocycles. The number of aryl methyl sites for hydroxylation is 1. The number of nitrogens with one attached hydrogen (secondary N) is 1. The molecule has 0 aromatic carbocycles. The minimum Gasteiger partial charge on any atom is -0.315 e. The lowest BCUT2D eigenvalue weighted by atomic mass is 10.2.